The van der Waals surface area contributed by atoms with Crippen LogP contribution < -0.4 is 10.6 Å². The maximum absolute atomic E-state index is 4.57. The van der Waals surface area contributed by atoms with Crippen LogP contribution in [0, 0.1) is 5.92 Å². The number of para-hydroxylation sites is 1. The minimum atomic E-state index is 0.704. The molecule has 1 aromatic carbocycles. The average molecular weight is 256 g/mol. The highest BCUT2D eigenvalue weighted by atomic mass is 15.1. The first kappa shape index (κ1) is 12.2. The first-order valence-corrected chi connectivity index (χ1v) is 7.11. The Morgan fingerprint density at radius 3 is 2.79 bits per heavy atom. The minimum absolute atomic E-state index is 0.704. The molecule has 0 radical (unpaired) electrons. The molecule has 2 aromatic rings. The summed E-state index contributed by atoms with van der Waals surface area (Å²) in [5, 5.41) is 7.75. The van der Waals surface area contributed by atoms with Crippen LogP contribution >= 0.6 is 0 Å². The van der Waals surface area contributed by atoms with Crippen molar-refractivity contribution in [2.75, 3.05) is 23.7 Å². The van der Waals surface area contributed by atoms with E-state index in [-0.39, 0.29) is 0 Å². The SMILES string of the molecule is CCNc1nc(NCCC2CC2)c2ccccc2n1. The van der Waals surface area contributed by atoms with Gasteiger partial charge >= 0.3 is 0 Å². The van der Waals surface area contributed by atoms with Gasteiger partial charge in [0.25, 0.3) is 0 Å². The lowest BCUT2D eigenvalue weighted by Gasteiger charge is -2.11. The number of rotatable bonds is 6. The number of fused-ring (bicyclic) bond motifs is 1. The van der Waals surface area contributed by atoms with E-state index in [2.05, 4.69) is 33.6 Å². The van der Waals surface area contributed by atoms with E-state index in [1.807, 2.05) is 18.2 Å². The quantitative estimate of drug-likeness (QED) is 0.832. The molecule has 3 rings (SSSR count). The second-order valence-corrected chi connectivity index (χ2v) is 5.10. The molecule has 1 aromatic heterocycles. The van der Waals surface area contributed by atoms with Crippen LogP contribution in [0.3, 0.4) is 0 Å². The average Bonchev–Trinajstić information content (AvgIpc) is 3.23. The summed E-state index contributed by atoms with van der Waals surface area (Å²) in [6.07, 6.45) is 4.04. The summed E-state index contributed by atoms with van der Waals surface area (Å²) >= 11 is 0. The maximum Gasteiger partial charge on any atom is 0.225 e. The Morgan fingerprint density at radius 1 is 1.16 bits per heavy atom. The van der Waals surface area contributed by atoms with Crippen molar-refractivity contribution in [3.05, 3.63) is 24.3 Å². The first-order valence-electron chi connectivity index (χ1n) is 7.11. The Hall–Kier alpha value is -1.84. The number of hydrogen-bond acceptors (Lipinski definition) is 4. The Kier molecular flexibility index (Phi) is 3.49. The second kappa shape index (κ2) is 5.43. The number of hydrogen-bond donors (Lipinski definition) is 2. The zero-order valence-electron chi connectivity index (χ0n) is 11.3. The van der Waals surface area contributed by atoms with Gasteiger partial charge < -0.3 is 10.6 Å². The lowest BCUT2D eigenvalue weighted by atomic mass is 10.2. The van der Waals surface area contributed by atoms with Crippen molar-refractivity contribution >= 4 is 22.7 Å². The Morgan fingerprint density at radius 2 is 2.00 bits per heavy atom. The normalized spacial score (nSPS) is 14.6. The van der Waals surface area contributed by atoms with E-state index in [0.717, 1.165) is 35.7 Å². The van der Waals surface area contributed by atoms with Crippen LogP contribution in [0.2, 0.25) is 0 Å². The fourth-order valence-electron chi connectivity index (χ4n) is 2.25. The molecule has 4 heteroatoms. The maximum atomic E-state index is 4.57. The molecule has 19 heavy (non-hydrogen) atoms. The number of aromatic nitrogens is 2. The molecular formula is C15H20N4. The molecule has 1 heterocycles. The van der Waals surface area contributed by atoms with Gasteiger partial charge in [0.2, 0.25) is 5.95 Å². The predicted octanol–water partition coefficient (Wildman–Crippen LogP) is 3.27. The monoisotopic (exact) mass is 256 g/mol. The molecule has 100 valence electrons. The van der Waals surface area contributed by atoms with Crippen LogP contribution in [0.4, 0.5) is 11.8 Å². The number of nitrogens with one attached hydrogen (secondary N) is 2. The van der Waals surface area contributed by atoms with E-state index < -0.39 is 0 Å². The largest absolute Gasteiger partial charge is 0.369 e. The highest BCUT2D eigenvalue weighted by Gasteiger charge is 2.20. The summed E-state index contributed by atoms with van der Waals surface area (Å²) in [5.41, 5.74) is 0.988. The van der Waals surface area contributed by atoms with Gasteiger partial charge in [0.1, 0.15) is 5.82 Å². The van der Waals surface area contributed by atoms with Crippen molar-refractivity contribution in [1.82, 2.24) is 9.97 Å². The first-order chi connectivity index (χ1) is 9.36. The van der Waals surface area contributed by atoms with Crippen molar-refractivity contribution in [2.24, 2.45) is 5.92 Å². The van der Waals surface area contributed by atoms with E-state index in [1.54, 1.807) is 0 Å². The predicted molar refractivity (Wildman–Crippen MR) is 79.5 cm³/mol. The van der Waals surface area contributed by atoms with Gasteiger partial charge in [0, 0.05) is 18.5 Å². The van der Waals surface area contributed by atoms with Crippen molar-refractivity contribution in [2.45, 2.75) is 26.2 Å². The van der Waals surface area contributed by atoms with Gasteiger partial charge in [-0.1, -0.05) is 25.0 Å². The second-order valence-electron chi connectivity index (χ2n) is 5.10. The number of nitrogens with zero attached hydrogens (tertiary/aromatic N) is 2. The Bertz CT molecular complexity index is 563. The highest BCUT2D eigenvalue weighted by Crippen LogP contribution is 2.32. The zero-order valence-corrected chi connectivity index (χ0v) is 11.3. The van der Waals surface area contributed by atoms with Crippen LogP contribution in [-0.2, 0) is 0 Å². The van der Waals surface area contributed by atoms with Crippen molar-refractivity contribution < 1.29 is 0 Å². The van der Waals surface area contributed by atoms with E-state index in [1.165, 1.54) is 19.3 Å². The van der Waals surface area contributed by atoms with Crippen LogP contribution in [0.1, 0.15) is 26.2 Å². The van der Waals surface area contributed by atoms with E-state index >= 15 is 0 Å². The van der Waals surface area contributed by atoms with Crippen LogP contribution in [-0.4, -0.2) is 23.1 Å². The molecule has 0 atom stereocenters. The van der Waals surface area contributed by atoms with E-state index in [0.29, 0.717) is 5.95 Å². The van der Waals surface area contributed by atoms with E-state index in [4.69, 9.17) is 0 Å². The molecule has 0 spiro atoms. The number of benzene rings is 1. The summed E-state index contributed by atoms with van der Waals surface area (Å²) in [6, 6.07) is 8.15. The molecule has 1 aliphatic rings. The van der Waals surface area contributed by atoms with Crippen LogP contribution in [0.25, 0.3) is 10.9 Å². The number of anilines is 2. The fourth-order valence-corrected chi connectivity index (χ4v) is 2.25. The van der Waals surface area contributed by atoms with Crippen molar-refractivity contribution in [1.29, 1.82) is 0 Å². The van der Waals surface area contributed by atoms with Gasteiger partial charge in [0.05, 0.1) is 5.52 Å². The third-order valence-electron chi connectivity index (χ3n) is 3.48. The molecular weight excluding hydrogens is 236 g/mol. The fraction of sp³-hybridized carbons (Fsp3) is 0.467. The highest BCUT2D eigenvalue weighted by molar-refractivity contribution is 5.89. The smallest absolute Gasteiger partial charge is 0.225 e. The van der Waals surface area contributed by atoms with Gasteiger partial charge in [0.15, 0.2) is 0 Å². The molecule has 0 amide bonds. The molecule has 1 aliphatic carbocycles. The molecule has 1 fully saturated rings. The third kappa shape index (κ3) is 2.95. The summed E-state index contributed by atoms with van der Waals surface area (Å²) in [4.78, 5) is 9.09. The standard InChI is InChI=1S/C15H20N4/c1-2-16-15-18-13-6-4-3-5-12(13)14(19-15)17-10-9-11-7-8-11/h3-6,11H,2,7-10H2,1H3,(H2,16,17,18,19). The minimum Gasteiger partial charge on any atom is -0.369 e. The molecule has 0 saturated heterocycles. The third-order valence-corrected chi connectivity index (χ3v) is 3.48. The summed E-state index contributed by atoms with van der Waals surface area (Å²) in [5.74, 6) is 2.59. The van der Waals surface area contributed by atoms with Crippen LogP contribution in [0.5, 0.6) is 0 Å². The van der Waals surface area contributed by atoms with Crippen molar-refractivity contribution in [3.8, 4) is 0 Å². The van der Waals surface area contributed by atoms with Crippen LogP contribution in [0.15, 0.2) is 24.3 Å². The molecule has 2 N–H and O–H groups in total. The van der Waals surface area contributed by atoms with Gasteiger partial charge in [-0.25, -0.2) is 4.98 Å². The Labute approximate surface area is 113 Å². The Balaban J connectivity index is 1.85. The van der Waals surface area contributed by atoms with Gasteiger partial charge in [-0.15, -0.1) is 0 Å². The summed E-state index contributed by atoms with van der Waals surface area (Å²) < 4.78 is 0. The van der Waals surface area contributed by atoms with Gasteiger partial charge in [-0.2, -0.15) is 4.98 Å². The molecule has 0 bridgehead atoms. The molecule has 0 aliphatic heterocycles. The summed E-state index contributed by atoms with van der Waals surface area (Å²) in [7, 11) is 0. The summed E-state index contributed by atoms with van der Waals surface area (Å²) in [6.45, 7) is 3.88. The van der Waals surface area contributed by atoms with Gasteiger partial charge in [-0.05, 0) is 31.4 Å². The van der Waals surface area contributed by atoms with Gasteiger partial charge in [-0.3, -0.25) is 0 Å². The molecule has 0 unspecified atom stereocenters. The van der Waals surface area contributed by atoms with Crippen molar-refractivity contribution in [3.63, 3.8) is 0 Å². The lowest BCUT2D eigenvalue weighted by Crippen LogP contribution is -2.08. The molecule has 1 saturated carbocycles. The lowest BCUT2D eigenvalue weighted by molar-refractivity contribution is 0.759. The zero-order chi connectivity index (χ0) is 13.1. The topological polar surface area (TPSA) is 49.8 Å². The van der Waals surface area contributed by atoms with E-state index in [9.17, 15) is 0 Å². The molecule has 4 nitrogen and oxygen atoms in total.